The molecular formula is C15H18N2O2S. The third-order valence-corrected chi connectivity index (χ3v) is 4.59. The van der Waals surface area contributed by atoms with Crippen LogP contribution >= 0.6 is 11.3 Å². The zero-order valence-electron chi connectivity index (χ0n) is 11.4. The third-order valence-electron chi connectivity index (χ3n) is 3.69. The molecule has 0 amide bonds. The van der Waals surface area contributed by atoms with Gasteiger partial charge in [-0.05, 0) is 37.0 Å². The van der Waals surface area contributed by atoms with Gasteiger partial charge in [-0.15, -0.1) is 11.3 Å². The summed E-state index contributed by atoms with van der Waals surface area (Å²) in [5.74, 6) is 0.506. The van der Waals surface area contributed by atoms with Crippen molar-refractivity contribution in [3.8, 4) is 22.8 Å². The molecule has 0 aliphatic carbocycles. The highest BCUT2D eigenvalue weighted by atomic mass is 32.1. The van der Waals surface area contributed by atoms with Gasteiger partial charge in [0.05, 0.1) is 5.69 Å². The number of phenols is 2. The quantitative estimate of drug-likeness (QED) is 0.832. The lowest BCUT2D eigenvalue weighted by Gasteiger charge is -2.30. The van der Waals surface area contributed by atoms with Crippen molar-refractivity contribution in [1.82, 2.24) is 4.98 Å². The summed E-state index contributed by atoms with van der Waals surface area (Å²) < 4.78 is 0. The third kappa shape index (κ3) is 2.58. The van der Waals surface area contributed by atoms with Gasteiger partial charge in [0.25, 0.3) is 0 Å². The fourth-order valence-electron chi connectivity index (χ4n) is 2.59. The molecule has 0 saturated carbocycles. The number of thiazole rings is 1. The molecule has 1 fully saturated rings. The molecule has 3 rings (SSSR count). The van der Waals surface area contributed by atoms with Gasteiger partial charge in [0.1, 0.15) is 0 Å². The van der Waals surface area contributed by atoms with Gasteiger partial charge in [-0.25, -0.2) is 4.98 Å². The summed E-state index contributed by atoms with van der Waals surface area (Å²) in [6, 6.07) is 4.81. The van der Waals surface area contributed by atoms with E-state index in [1.807, 2.05) is 5.38 Å². The van der Waals surface area contributed by atoms with Crippen LogP contribution in [0.1, 0.15) is 19.8 Å². The Bertz CT molecular complexity index is 612. The van der Waals surface area contributed by atoms with Crippen LogP contribution in [0.15, 0.2) is 23.6 Å². The molecule has 2 N–H and O–H groups in total. The van der Waals surface area contributed by atoms with E-state index in [0.29, 0.717) is 5.92 Å². The number of hydrogen-bond donors (Lipinski definition) is 2. The number of phenolic OH excluding ortho intramolecular Hbond substituents is 2. The molecule has 106 valence electrons. The minimum absolute atomic E-state index is 0.103. The second-order valence-corrected chi connectivity index (χ2v) is 6.25. The summed E-state index contributed by atoms with van der Waals surface area (Å²) in [4.78, 5) is 7.00. The van der Waals surface area contributed by atoms with Crippen molar-refractivity contribution in [2.24, 2.45) is 5.92 Å². The number of anilines is 1. The predicted molar refractivity (Wildman–Crippen MR) is 81.5 cm³/mol. The van der Waals surface area contributed by atoms with Crippen LogP contribution in [0, 0.1) is 5.92 Å². The Labute approximate surface area is 122 Å². The molecule has 2 heterocycles. The van der Waals surface area contributed by atoms with Crippen molar-refractivity contribution in [2.45, 2.75) is 19.8 Å². The van der Waals surface area contributed by atoms with Crippen molar-refractivity contribution in [3.63, 3.8) is 0 Å². The van der Waals surface area contributed by atoms with E-state index in [2.05, 4.69) is 16.8 Å². The lowest BCUT2D eigenvalue weighted by molar-refractivity contribution is 0.404. The minimum Gasteiger partial charge on any atom is -0.504 e. The fourth-order valence-corrected chi connectivity index (χ4v) is 3.46. The van der Waals surface area contributed by atoms with E-state index < -0.39 is 0 Å². The number of piperidine rings is 1. The first kappa shape index (κ1) is 13.2. The van der Waals surface area contributed by atoms with E-state index in [0.717, 1.165) is 29.5 Å². The number of aromatic nitrogens is 1. The predicted octanol–water partition coefficient (Wildman–Crippen LogP) is 3.46. The van der Waals surface area contributed by atoms with E-state index >= 15 is 0 Å². The maximum Gasteiger partial charge on any atom is 0.185 e. The van der Waals surface area contributed by atoms with Crippen molar-refractivity contribution < 1.29 is 10.2 Å². The molecule has 20 heavy (non-hydrogen) atoms. The van der Waals surface area contributed by atoms with Gasteiger partial charge >= 0.3 is 0 Å². The molecule has 1 aliphatic rings. The van der Waals surface area contributed by atoms with Crippen LogP contribution in [0.2, 0.25) is 0 Å². The molecule has 1 aromatic heterocycles. The first-order valence-electron chi connectivity index (χ1n) is 6.86. The van der Waals surface area contributed by atoms with Gasteiger partial charge < -0.3 is 15.1 Å². The summed E-state index contributed by atoms with van der Waals surface area (Å²) in [6.07, 6.45) is 2.51. The Hall–Kier alpha value is -1.75. The zero-order chi connectivity index (χ0) is 14.1. The summed E-state index contributed by atoms with van der Waals surface area (Å²) in [5, 5.41) is 22.0. The van der Waals surface area contributed by atoms with E-state index in [4.69, 9.17) is 0 Å². The SMILES string of the molecule is CC1CCCN(c2nc(-c3ccc(O)c(O)c3)cs2)C1. The van der Waals surface area contributed by atoms with Gasteiger partial charge in [-0.1, -0.05) is 6.92 Å². The summed E-state index contributed by atoms with van der Waals surface area (Å²) in [7, 11) is 0. The van der Waals surface area contributed by atoms with Gasteiger partial charge in [-0.2, -0.15) is 0 Å². The highest BCUT2D eigenvalue weighted by Crippen LogP contribution is 2.34. The lowest BCUT2D eigenvalue weighted by Crippen LogP contribution is -2.34. The van der Waals surface area contributed by atoms with Crippen LogP contribution < -0.4 is 4.90 Å². The molecule has 4 nitrogen and oxygen atoms in total. The van der Waals surface area contributed by atoms with Gasteiger partial charge in [0.15, 0.2) is 16.6 Å². The Balaban J connectivity index is 1.84. The molecule has 1 atom stereocenters. The zero-order valence-corrected chi connectivity index (χ0v) is 12.2. The number of nitrogens with zero attached hydrogens (tertiary/aromatic N) is 2. The standard InChI is InChI=1S/C15H18N2O2S/c1-10-3-2-6-17(8-10)15-16-12(9-20-15)11-4-5-13(18)14(19)7-11/h4-5,7,9-10,18-19H,2-3,6,8H2,1H3. The molecule has 0 spiro atoms. The van der Waals surface area contributed by atoms with Crippen LogP contribution in [0.25, 0.3) is 11.3 Å². The summed E-state index contributed by atoms with van der Waals surface area (Å²) in [6.45, 7) is 4.41. The molecule has 5 heteroatoms. The lowest BCUT2D eigenvalue weighted by atomic mass is 10.0. The molecule has 1 unspecified atom stereocenters. The molecule has 2 aromatic rings. The van der Waals surface area contributed by atoms with Crippen molar-refractivity contribution >= 4 is 16.5 Å². The minimum atomic E-state index is -0.108. The van der Waals surface area contributed by atoms with Crippen molar-refractivity contribution in [1.29, 1.82) is 0 Å². The number of hydrogen-bond acceptors (Lipinski definition) is 5. The average Bonchev–Trinajstić information content (AvgIpc) is 2.92. The van der Waals surface area contributed by atoms with Crippen molar-refractivity contribution in [3.05, 3.63) is 23.6 Å². The molecule has 1 aromatic carbocycles. The van der Waals surface area contributed by atoms with E-state index in [-0.39, 0.29) is 11.5 Å². The van der Waals surface area contributed by atoms with E-state index in [1.165, 1.54) is 18.9 Å². The maximum atomic E-state index is 9.57. The number of benzene rings is 1. The Kier molecular flexibility index (Phi) is 3.53. The van der Waals surface area contributed by atoms with E-state index in [1.54, 1.807) is 23.5 Å². The number of rotatable bonds is 2. The Morgan fingerprint density at radius 2 is 2.15 bits per heavy atom. The second kappa shape index (κ2) is 5.32. The first-order chi connectivity index (χ1) is 9.63. The molecule has 0 radical (unpaired) electrons. The van der Waals surface area contributed by atoms with Gasteiger partial charge in [0, 0.05) is 24.0 Å². The first-order valence-corrected chi connectivity index (χ1v) is 7.74. The van der Waals surface area contributed by atoms with Crippen LogP contribution in [0.3, 0.4) is 0 Å². The molecule has 1 saturated heterocycles. The highest BCUT2D eigenvalue weighted by molar-refractivity contribution is 7.14. The largest absolute Gasteiger partial charge is 0.504 e. The highest BCUT2D eigenvalue weighted by Gasteiger charge is 2.19. The van der Waals surface area contributed by atoms with Crippen LogP contribution in [0.5, 0.6) is 11.5 Å². The summed E-state index contributed by atoms with van der Waals surface area (Å²) in [5.41, 5.74) is 1.67. The van der Waals surface area contributed by atoms with E-state index in [9.17, 15) is 10.2 Å². The Morgan fingerprint density at radius 1 is 1.30 bits per heavy atom. The van der Waals surface area contributed by atoms with Gasteiger partial charge in [0.2, 0.25) is 0 Å². The normalized spacial score (nSPS) is 19.2. The molecular weight excluding hydrogens is 272 g/mol. The smallest absolute Gasteiger partial charge is 0.185 e. The second-order valence-electron chi connectivity index (χ2n) is 5.41. The van der Waals surface area contributed by atoms with Crippen molar-refractivity contribution in [2.75, 3.05) is 18.0 Å². The Morgan fingerprint density at radius 3 is 2.90 bits per heavy atom. The average molecular weight is 290 g/mol. The fraction of sp³-hybridized carbons (Fsp3) is 0.400. The topological polar surface area (TPSA) is 56.6 Å². The summed E-state index contributed by atoms with van der Waals surface area (Å²) >= 11 is 1.63. The van der Waals surface area contributed by atoms with Crippen LogP contribution in [0.4, 0.5) is 5.13 Å². The molecule has 1 aliphatic heterocycles. The van der Waals surface area contributed by atoms with Gasteiger partial charge in [-0.3, -0.25) is 0 Å². The molecule has 0 bridgehead atoms. The maximum absolute atomic E-state index is 9.57. The number of aromatic hydroxyl groups is 2. The monoisotopic (exact) mass is 290 g/mol. The van der Waals surface area contributed by atoms with Crippen LogP contribution in [-0.2, 0) is 0 Å². The van der Waals surface area contributed by atoms with Crippen LogP contribution in [-0.4, -0.2) is 28.3 Å².